The van der Waals surface area contributed by atoms with Crippen molar-refractivity contribution in [3.8, 4) is 5.75 Å². The van der Waals surface area contributed by atoms with Gasteiger partial charge in [-0.3, -0.25) is 4.79 Å². The molecule has 1 aliphatic rings. The van der Waals surface area contributed by atoms with E-state index in [2.05, 4.69) is 0 Å². The zero-order chi connectivity index (χ0) is 21.1. The molecule has 1 aliphatic heterocycles. The second-order valence-corrected chi connectivity index (χ2v) is 7.36. The molecule has 1 unspecified atom stereocenters. The number of rotatable bonds is 6. The monoisotopic (exact) mass is 421 g/mol. The number of ether oxygens (including phenoxy) is 2. The summed E-state index contributed by atoms with van der Waals surface area (Å²) in [4.78, 5) is 11.5. The van der Waals surface area contributed by atoms with Gasteiger partial charge in [0.25, 0.3) is 0 Å². The molecule has 0 radical (unpaired) electrons. The van der Waals surface area contributed by atoms with Gasteiger partial charge in [-0.05, 0) is 48.2 Å². The molecule has 7 nitrogen and oxygen atoms in total. The van der Waals surface area contributed by atoms with E-state index in [9.17, 15) is 20.1 Å². The first-order chi connectivity index (χ1) is 13.8. The molecule has 8 heteroatoms. The molecule has 1 heterocycles. The zero-order valence-corrected chi connectivity index (χ0v) is 16.6. The van der Waals surface area contributed by atoms with Crippen molar-refractivity contribution in [2.75, 3.05) is 6.61 Å². The van der Waals surface area contributed by atoms with Crippen molar-refractivity contribution in [2.45, 2.75) is 43.9 Å². The first kappa shape index (κ1) is 21.5. The van der Waals surface area contributed by atoms with Crippen molar-refractivity contribution in [3.05, 3.63) is 64.2 Å². The van der Waals surface area contributed by atoms with E-state index in [4.69, 9.17) is 26.8 Å². The Bertz CT molecular complexity index is 859. The van der Waals surface area contributed by atoms with E-state index in [0.717, 1.165) is 16.9 Å². The van der Waals surface area contributed by atoms with Gasteiger partial charge in [0, 0.05) is 5.02 Å². The third-order valence-electron chi connectivity index (χ3n) is 4.92. The molecular formula is C21H24ClNO6. The average molecular weight is 422 g/mol. The molecule has 3 rings (SSSR count). The van der Waals surface area contributed by atoms with Crippen LogP contribution in [0.25, 0.3) is 0 Å². The van der Waals surface area contributed by atoms with Crippen molar-refractivity contribution in [2.24, 2.45) is 5.73 Å². The first-order valence-corrected chi connectivity index (χ1v) is 9.68. The fourth-order valence-electron chi connectivity index (χ4n) is 3.39. The summed E-state index contributed by atoms with van der Waals surface area (Å²) in [6.07, 6.45) is -6.55. The minimum Gasteiger partial charge on any atom is -0.494 e. The molecule has 5 atom stereocenters. The molecule has 29 heavy (non-hydrogen) atoms. The lowest BCUT2D eigenvalue weighted by Gasteiger charge is -2.39. The number of benzene rings is 2. The molecule has 0 aliphatic carbocycles. The second-order valence-electron chi connectivity index (χ2n) is 6.96. The predicted molar refractivity (Wildman–Crippen MR) is 107 cm³/mol. The third-order valence-corrected chi connectivity index (χ3v) is 5.29. The number of hydrogen-bond acceptors (Lipinski definition) is 6. The van der Waals surface area contributed by atoms with Crippen molar-refractivity contribution in [1.29, 1.82) is 0 Å². The molecule has 1 amide bonds. The Morgan fingerprint density at radius 1 is 1.10 bits per heavy atom. The fourth-order valence-corrected chi connectivity index (χ4v) is 3.57. The summed E-state index contributed by atoms with van der Waals surface area (Å²) in [7, 11) is 0. The molecule has 0 aromatic heterocycles. The number of aliphatic hydroxyl groups excluding tert-OH is 3. The Hall–Kier alpha value is -2.16. The second kappa shape index (κ2) is 9.11. The summed E-state index contributed by atoms with van der Waals surface area (Å²) in [5, 5.41) is 30.9. The van der Waals surface area contributed by atoms with Gasteiger partial charge in [0.15, 0.2) is 6.10 Å². The van der Waals surface area contributed by atoms with Gasteiger partial charge in [-0.15, -0.1) is 0 Å². The Kier molecular flexibility index (Phi) is 6.77. The van der Waals surface area contributed by atoms with E-state index in [0.29, 0.717) is 23.6 Å². The fraction of sp³-hybridized carbons (Fsp3) is 0.381. The molecule has 156 valence electrons. The largest absolute Gasteiger partial charge is 0.494 e. The lowest BCUT2D eigenvalue weighted by molar-refractivity contribution is -0.221. The normalized spacial score (nSPS) is 26.9. The van der Waals surface area contributed by atoms with Crippen molar-refractivity contribution >= 4 is 17.5 Å². The first-order valence-electron chi connectivity index (χ1n) is 9.30. The summed E-state index contributed by atoms with van der Waals surface area (Å²) in [6.45, 7) is 2.50. The summed E-state index contributed by atoms with van der Waals surface area (Å²) in [5.74, 6) is -0.142. The molecule has 1 fully saturated rings. The van der Waals surface area contributed by atoms with Crippen LogP contribution in [-0.2, 0) is 16.0 Å². The molecule has 0 saturated carbocycles. The summed E-state index contributed by atoms with van der Waals surface area (Å²) in [5.41, 5.74) is 7.54. The lowest BCUT2D eigenvalue weighted by Crippen LogP contribution is -2.58. The van der Waals surface area contributed by atoms with Crippen LogP contribution in [0.4, 0.5) is 0 Å². The minimum absolute atomic E-state index is 0.514. The smallest absolute Gasteiger partial charge is 0.249 e. The highest BCUT2D eigenvalue weighted by Crippen LogP contribution is 2.34. The van der Waals surface area contributed by atoms with E-state index in [-0.39, 0.29) is 0 Å². The third kappa shape index (κ3) is 4.71. The van der Waals surface area contributed by atoms with Crippen LogP contribution in [0.3, 0.4) is 0 Å². The van der Waals surface area contributed by atoms with Gasteiger partial charge < -0.3 is 30.5 Å². The Balaban J connectivity index is 1.85. The standard InChI is InChI=1S/C21H24ClNO6/c1-2-28-14-6-3-11(4-7-14)9-13-10-12(5-8-15(13)22)19-17(25)16(24)18(26)20(29-19)21(23)27/h3-8,10,16-20,24-26H,2,9H2,1H3,(H2,23,27)/t16?,17-,18+,19+,20+/m1/s1. The summed E-state index contributed by atoms with van der Waals surface area (Å²) < 4.78 is 11.0. The van der Waals surface area contributed by atoms with Crippen LogP contribution in [0.1, 0.15) is 29.7 Å². The van der Waals surface area contributed by atoms with E-state index >= 15 is 0 Å². The van der Waals surface area contributed by atoms with Gasteiger partial charge in [0.2, 0.25) is 5.91 Å². The number of halogens is 1. The van der Waals surface area contributed by atoms with Gasteiger partial charge in [0.05, 0.1) is 6.61 Å². The van der Waals surface area contributed by atoms with E-state index in [1.165, 1.54) is 0 Å². The van der Waals surface area contributed by atoms with Gasteiger partial charge in [-0.2, -0.15) is 0 Å². The Morgan fingerprint density at radius 2 is 1.79 bits per heavy atom. The Morgan fingerprint density at radius 3 is 2.41 bits per heavy atom. The van der Waals surface area contributed by atoms with Crippen molar-refractivity contribution < 1.29 is 29.6 Å². The molecule has 0 spiro atoms. The number of nitrogens with two attached hydrogens (primary N) is 1. The maximum atomic E-state index is 11.5. The topological polar surface area (TPSA) is 122 Å². The van der Waals surface area contributed by atoms with Crippen LogP contribution in [0.5, 0.6) is 5.75 Å². The van der Waals surface area contributed by atoms with Gasteiger partial charge in [0.1, 0.15) is 30.2 Å². The van der Waals surface area contributed by atoms with Crippen molar-refractivity contribution in [1.82, 2.24) is 0 Å². The highest BCUT2D eigenvalue weighted by molar-refractivity contribution is 6.31. The van der Waals surface area contributed by atoms with Crippen LogP contribution in [0.15, 0.2) is 42.5 Å². The molecule has 2 aromatic rings. The van der Waals surface area contributed by atoms with Crippen LogP contribution >= 0.6 is 11.6 Å². The maximum Gasteiger partial charge on any atom is 0.249 e. The van der Waals surface area contributed by atoms with Crippen molar-refractivity contribution in [3.63, 3.8) is 0 Å². The number of carbonyl (C=O) groups excluding carboxylic acids is 1. The minimum atomic E-state index is -1.60. The summed E-state index contributed by atoms with van der Waals surface area (Å²) >= 11 is 6.34. The van der Waals surface area contributed by atoms with E-state index < -0.39 is 36.4 Å². The van der Waals surface area contributed by atoms with Gasteiger partial charge in [-0.1, -0.05) is 35.9 Å². The molecule has 5 N–H and O–H groups in total. The molecule has 0 bridgehead atoms. The van der Waals surface area contributed by atoms with Crippen LogP contribution < -0.4 is 10.5 Å². The number of amides is 1. The maximum absolute atomic E-state index is 11.5. The lowest BCUT2D eigenvalue weighted by atomic mass is 9.89. The van der Waals surface area contributed by atoms with Gasteiger partial charge >= 0.3 is 0 Å². The number of carbonyl (C=O) groups is 1. The van der Waals surface area contributed by atoms with E-state index in [1.54, 1.807) is 18.2 Å². The number of aliphatic hydroxyl groups is 3. The quantitative estimate of drug-likeness (QED) is 0.558. The van der Waals surface area contributed by atoms with Gasteiger partial charge in [-0.25, -0.2) is 0 Å². The van der Waals surface area contributed by atoms with E-state index in [1.807, 2.05) is 31.2 Å². The van der Waals surface area contributed by atoms with Crippen LogP contribution in [-0.4, -0.2) is 52.2 Å². The SMILES string of the molecule is CCOc1ccc(Cc2cc([C@@H]3O[C@H](C(N)=O)[C@@H](O)C(O)[C@H]3O)ccc2Cl)cc1. The zero-order valence-electron chi connectivity index (χ0n) is 15.9. The Labute approximate surface area is 173 Å². The number of primary amides is 1. The molecule has 2 aromatic carbocycles. The predicted octanol–water partition coefficient (Wildman–Crippen LogP) is 1.34. The highest BCUT2D eigenvalue weighted by Gasteiger charge is 2.46. The highest BCUT2D eigenvalue weighted by atomic mass is 35.5. The molecule has 1 saturated heterocycles. The number of hydrogen-bond donors (Lipinski definition) is 4. The summed E-state index contributed by atoms with van der Waals surface area (Å²) in [6, 6.07) is 12.7. The van der Waals surface area contributed by atoms with Crippen LogP contribution in [0, 0.1) is 0 Å². The van der Waals surface area contributed by atoms with Crippen LogP contribution in [0.2, 0.25) is 5.02 Å². The average Bonchev–Trinajstić information content (AvgIpc) is 2.69. The molecular weight excluding hydrogens is 398 g/mol.